The number of aryl methyl sites for hydroxylation is 1. The van der Waals surface area contributed by atoms with E-state index in [1.54, 1.807) is 0 Å². The van der Waals surface area contributed by atoms with E-state index in [0.29, 0.717) is 17.9 Å². The molecule has 3 amide bonds. The average molecular weight is 273 g/mol. The van der Waals surface area contributed by atoms with Crippen molar-refractivity contribution in [3.05, 3.63) is 29.7 Å². The van der Waals surface area contributed by atoms with E-state index in [2.05, 4.69) is 4.98 Å². The number of hydrogen-bond donors (Lipinski definition) is 1. The maximum Gasteiger partial charge on any atom is 0.331 e. The van der Waals surface area contributed by atoms with Gasteiger partial charge in [-0.2, -0.15) is 0 Å². The third-order valence-electron chi connectivity index (χ3n) is 3.40. The summed E-state index contributed by atoms with van der Waals surface area (Å²) in [6, 6.07) is 1.52. The molecule has 2 N–H and O–H groups in total. The van der Waals surface area contributed by atoms with Crippen LogP contribution in [0.2, 0.25) is 0 Å². The molecule has 0 bridgehead atoms. The number of pyridine rings is 1. The van der Waals surface area contributed by atoms with Crippen molar-refractivity contribution in [1.29, 1.82) is 0 Å². The highest BCUT2D eigenvalue weighted by Gasteiger charge is 2.35. The minimum atomic E-state index is -0.334. The molecule has 20 heavy (non-hydrogen) atoms. The summed E-state index contributed by atoms with van der Waals surface area (Å²) in [6.07, 6.45) is 3.75. The monoisotopic (exact) mass is 273 g/mol. The fourth-order valence-corrected chi connectivity index (χ4v) is 2.35. The Balaban J connectivity index is 2.18. The summed E-state index contributed by atoms with van der Waals surface area (Å²) in [6.45, 7) is 2.29. The van der Waals surface area contributed by atoms with Crippen LogP contribution in [-0.2, 0) is 11.3 Å². The maximum absolute atomic E-state index is 12.1. The predicted octanol–water partition coefficient (Wildman–Crippen LogP) is 0.500. The average Bonchev–Trinajstić information content (AvgIpc) is 2.94. The van der Waals surface area contributed by atoms with Gasteiger partial charge in [0.1, 0.15) is 6.54 Å². The summed E-state index contributed by atoms with van der Waals surface area (Å²) in [7, 11) is 1.48. The largest absolute Gasteiger partial charge is 0.331 e. The van der Waals surface area contributed by atoms with Gasteiger partial charge in [0.25, 0.3) is 0 Å². The summed E-state index contributed by atoms with van der Waals surface area (Å²) in [5.41, 5.74) is 8.59. The molecule has 0 aliphatic carbocycles. The number of nitrogens with zero attached hydrogens (tertiary/aromatic N) is 4. The number of amides is 3. The van der Waals surface area contributed by atoms with E-state index in [4.69, 9.17) is 5.73 Å². The number of anilines is 1. The molecule has 3 rings (SSSR count). The second-order valence-electron chi connectivity index (χ2n) is 4.89. The van der Waals surface area contributed by atoms with Crippen LogP contribution in [0.5, 0.6) is 0 Å². The van der Waals surface area contributed by atoms with E-state index < -0.39 is 0 Å². The summed E-state index contributed by atoms with van der Waals surface area (Å²) in [4.78, 5) is 30.8. The highest BCUT2D eigenvalue weighted by atomic mass is 16.2. The first-order valence-electron chi connectivity index (χ1n) is 6.27. The number of carbonyl (C=O) groups excluding carboxylic acids is 2. The third kappa shape index (κ3) is 1.75. The standard InChI is InChI=1S/C13H15N5O2/c1-8-3-10(18-7-11(19)16(2)13(18)20)12-15-9(4-14)6-17(12)5-8/h3,5-6H,4,7,14H2,1-2H3. The van der Waals surface area contributed by atoms with E-state index in [-0.39, 0.29) is 18.5 Å². The Labute approximate surface area is 115 Å². The van der Waals surface area contributed by atoms with Crippen LogP contribution in [-0.4, -0.2) is 39.8 Å². The van der Waals surface area contributed by atoms with E-state index in [1.165, 1.54) is 11.9 Å². The fraction of sp³-hybridized carbons (Fsp3) is 0.308. The zero-order chi connectivity index (χ0) is 14.4. The van der Waals surface area contributed by atoms with E-state index in [9.17, 15) is 9.59 Å². The molecule has 0 saturated carbocycles. The zero-order valence-corrected chi connectivity index (χ0v) is 11.3. The number of aromatic nitrogens is 2. The van der Waals surface area contributed by atoms with E-state index >= 15 is 0 Å². The van der Waals surface area contributed by atoms with Gasteiger partial charge in [-0.25, -0.2) is 9.78 Å². The van der Waals surface area contributed by atoms with Gasteiger partial charge in [-0.1, -0.05) is 0 Å². The molecule has 7 nitrogen and oxygen atoms in total. The van der Waals surface area contributed by atoms with Crippen LogP contribution in [0.15, 0.2) is 18.5 Å². The van der Waals surface area contributed by atoms with Crippen molar-refractivity contribution in [2.24, 2.45) is 5.73 Å². The van der Waals surface area contributed by atoms with Gasteiger partial charge < -0.3 is 10.1 Å². The van der Waals surface area contributed by atoms with Gasteiger partial charge in [0.05, 0.1) is 11.4 Å². The molecule has 0 radical (unpaired) electrons. The van der Waals surface area contributed by atoms with Crippen molar-refractivity contribution in [2.75, 3.05) is 18.5 Å². The SMILES string of the molecule is Cc1cc(N2CC(=O)N(C)C2=O)c2nc(CN)cn2c1. The lowest BCUT2D eigenvalue weighted by atomic mass is 10.2. The van der Waals surface area contributed by atoms with Crippen molar-refractivity contribution < 1.29 is 9.59 Å². The van der Waals surface area contributed by atoms with Crippen molar-refractivity contribution in [3.63, 3.8) is 0 Å². The van der Waals surface area contributed by atoms with Crippen LogP contribution in [0.1, 0.15) is 11.3 Å². The maximum atomic E-state index is 12.1. The van der Waals surface area contributed by atoms with Gasteiger partial charge in [-0.05, 0) is 18.6 Å². The van der Waals surface area contributed by atoms with Crippen molar-refractivity contribution in [3.8, 4) is 0 Å². The molecular weight excluding hydrogens is 258 g/mol. The first-order chi connectivity index (χ1) is 9.51. The molecule has 1 fully saturated rings. The number of rotatable bonds is 2. The molecule has 2 aromatic heterocycles. The number of hydrogen-bond acceptors (Lipinski definition) is 4. The van der Waals surface area contributed by atoms with Crippen molar-refractivity contribution in [1.82, 2.24) is 14.3 Å². The molecule has 2 aromatic rings. The summed E-state index contributed by atoms with van der Waals surface area (Å²) in [5.74, 6) is -0.222. The van der Waals surface area contributed by atoms with E-state index in [0.717, 1.165) is 16.2 Å². The van der Waals surface area contributed by atoms with Crippen molar-refractivity contribution >= 4 is 23.3 Å². The quantitative estimate of drug-likeness (QED) is 0.808. The number of imide groups is 1. The Bertz CT molecular complexity index is 721. The highest BCUT2D eigenvalue weighted by molar-refractivity contribution is 6.13. The van der Waals surface area contributed by atoms with Crippen molar-refractivity contribution in [2.45, 2.75) is 13.5 Å². The van der Waals surface area contributed by atoms with Gasteiger partial charge >= 0.3 is 6.03 Å². The lowest BCUT2D eigenvalue weighted by molar-refractivity contribution is -0.123. The summed E-state index contributed by atoms with van der Waals surface area (Å²) < 4.78 is 1.84. The molecule has 0 spiro atoms. The molecule has 3 heterocycles. The molecule has 0 atom stereocenters. The molecule has 7 heteroatoms. The van der Waals surface area contributed by atoms with Crippen LogP contribution in [0.4, 0.5) is 10.5 Å². The lowest BCUT2D eigenvalue weighted by Crippen LogP contribution is -2.30. The number of imidazole rings is 1. The fourth-order valence-electron chi connectivity index (χ4n) is 2.35. The lowest BCUT2D eigenvalue weighted by Gasteiger charge is -2.16. The number of likely N-dealkylation sites (N-methyl/N-ethyl adjacent to an activating group) is 1. The summed E-state index contributed by atoms with van der Waals surface area (Å²) >= 11 is 0. The molecular formula is C13H15N5O2. The number of urea groups is 1. The first-order valence-corrected chi connectivity index (χ1v) is 6.27. The molecule has 1 aliphatic heterocycles. The molecule has 0 unspecified atom stereocenters. The molecule has 0 aromatic carbocycles. The summed E-state index contributed by atoms with van der Waals surface area (Å²) in [5, 5.41) is 0. The normalized spacial score (nSPS) is 15.8. The second kappa shape index (κ2) is 4.31. The van der Waals surface area contributed by atoms with Crippen LogP contribution >= 0.6 is 0 Å². The minimum Gasteiger partial charge on any atom is -0.325 e. The molecule has 1 saturated heterocycles. The highest BCUT2D eigenvalue weighted by Crippen LogP contribution is 2.26. The van der Waals surface area contributed by atoms with Crippen LogP contribution < -0.4 is 10.6 Å². The Hall–Kier alpha value is -2.41. The third-order valence-corrected chi connectivity index (χ3v) is 3.40. The van der Waals surface area contributed by atoms with Gasteiger partial charge in [-0.15, -0.1) is 0 Å². The van der Waals surface area contributed by atoms with E-state index in [1.807, 2.05) is 29.8 Å². The Morgan fingerprint density at radius 3 is 2.70 bits per heavy atom. The van der Waals surface area contributed by atoms with Crippen LogP contribution in [0, 0.1) is 6.92 Å². The Morgan fingerprint density at radius 2 is 2.10 bits per heavy atom. The molecule has 104 valence electrons. The Kier molecular flexibility index (Phi) is 2.72. The second-order valence-corrected chi connectivity index (χ2v) is 4.89. The smallest absolute Gasteiger partial charge is 0.325 e. The number of fused-ring (bicyclic) bond motifs is 1. The first kappa shape index (κ1) is 12.6. The zero-order valence-electron chi connectivity index (χ0n) is 11.3. The predicted molar refractivity (Wildman–Crippen MR) is 73.3 cm³/mol. The van der Waals surface area contributed by atoms with Crippen LogP contribution in [0.25, 0.3) is 5.65 Å². The van der Waals surface area contributed by atoms with Gasteiger partial charge in [0.2, 0.25) is 5.91 Å². The number of nitrogens with two attached hydrogens (primary N) is 1. The number of carbonyl (C=O) groups is 2. The van der Waals surface area contributed by atoms with Gasteiger partial charge in [0.15, 0.2) is 5.65 Å². The van der Waals surface area contributed by atoms with Gasteiger partial charge in [0, 0.05) is 26.0 Å². The minimum absolute atomic E-state index is 0.0409. The van der Waals surface area contributed by atoms with Crippen LogP contribution in [0.3, 0.4) is 0 Å². The van der Waals surface area contributed by atoms with Gasteiger partial charge in [-0.3, -0.25) is 14.6 Å². The topological polar surface area (TPSA) is 83.9 Å². The molecule has 1 aliphatic rings. The Morgan fingerprint density at radius 1 is 1.35 bits per heavy atom.